The number of carbonyl (C=O) groups is 1. The van der Waals surface area contributed by atoms with Crippen molar-refractivity contribution in [1.29, 1.82) is 0 Å². The number of methoxy groups -OCH3 is 1. The quantitative estimate of drug-likeness (QED) is 0.299. The molecule has 4 rings (SSSR count). The second kappa shape index (κ2) is 12.4. The number of halogens is 3. The predicted octanol–water partition coefficient (Wildman–Crippen LogP) is 6.18. The molecule has 1 atom stereocenters. The maximum atomic E-state index is 13.9. The molecular formula is C29H33ClF2N2O4. The van der Waals surface area contributed by atoms with Gasteiger partial charge in [0.1, 0.15) is 5.75 Å². The van der Waals surface area contributed by atoms with Crippen molar-refractivity contribution in [3.8, 4) is 5.75 Å². The molecule has 1 aliphatic heterocycles. The van der Waals surface area contributed by atoms with E-state index in [4.69, 9.17) is 16.3 Å². The van der Waals surface area contributed by atoms with Crippen LogP contribution in [0, 0.1) is 17.0 Å². The molecule has 1 saturated heterocycles. The zero-order valence-corrected chi connectivity index (χ0v) is 22.2. The minimum absolute atomic E-state index is 0.0285. The first kappa shape index (κ1) is 28.2. The smallest absolute Gasteiger partial charge is 0.303 e. The number of piperidine rings is 1. The summed E-state index contributed by atoms with van der Waals surface area (Å²) in [6, 6.07) is 9.64. The molecule has 3 aromatic rings. The van der Waals surface area contributed by atoms with Crippen LogP contribution in [-0.4, -0.2) is 52.8 Å². The SMILES string of the molecule is COc1ccc2ncc(Cl)c(C(O)CCC3(CC(=O)O)CCN(CCCc4cccc(F)c4F)CC3)c2c1. The van der Waals surface area contributed by atoms with Gasteiger partial charge in [-0.3, -0.25) is 9.78 Å². The van der Waals surface area contributed by atoms with Crippen LogP contribution in [0.4, 0.5) is 8.78 Å². The van der Waals surface area contributed by atoms with E-state index in [1.807, 2.05) is 6.07 Å². The maximum absolute atomic E-state index is 13.9. The fourth-order valence-corrected chi connectivity index (χ4v) is 5.82. The third kappa shape index (κ3) is 6.60. The number of fused-ring (bicyclic) bond motifs is 1. The van der Waals surface area contributed by atoms with Gasteiger partial charge < -0.3 is 19.8 Å². The summed E-state index contributed by atoms with van der Waals surface area (Å²) in [7, 11) is 1.57. The number of rotatable bonds is 11. The molecule has 6 nitrogen and oxygen atoms in total. The van der Waals surface area contributed by atoms with Crippen molar-refractivity contribution < 1.29 is 28.5 Å². The Bertz CT molecular complexity index is 1280. The number of carboxylic acids is 1. The molecular weight excluding hydrogens is 514 g/mol. The molecule has 2 aromatic carbocycles. The Labute approximate surface area is 226 Å². The van der Waals surface area contributed by atoms with E-state index in [1.54, 1.807) is 25.3 Å². The summed E-state index contributed by atoms with van der Waals surface area (Å²) < 4.78 is 32.7. The molecule has 2 N–H and O–H groups in total. The molecule has 0 radical (unpaired) electrons. The van der Waals surface area contributed by atoms with Gasteiger partial charge in [0.25, 0.3) is 0 Å². The number of aliphatic hydroxyl groups excluding tert-OH is 1. The number of benzene rings is 2. The highest BCUT2D eigenvalue weighted by Crippen LogP contribution is 2.43. The summed E-state index contributed by atoms with van der Waals surface area (Å²) in [6.07, 6.45) is 4.05. The minimum atomic E-state index is -0.884. The van der Waals surface area contributed by atoms with Crippen LogP contribution in [0.5, 0.6) is 5.75 Å². The number of carboxylic acid groups (broad SMARTS) is 1. The Morgan fingerprint density at radius 3 is 2.71 bits per heavy atom. The number of hydrogen-bond donors (Lipinski definition) is 2. The lowest BCUT2D eigenvalue weighted by molar-refractivity contribution is -0.141. The number of nitrogens with zero attached hydrogens (tertiary/aromatic N) is 2. The Morgan fingerprint density at radius 2 is 2.00 bits per heavy atom. The van der Waals surface area contributed by atoms with Gasteiger partial charge in [0, 0.05) is 17.1 Å². The third-order valence-corrected chi connectivity index (χ3v) is 8.05. The zero-order valence-electron chi connectivity index (χ0n) is 21.4. The van der Waals surface area contributed by atoms with Gasteiger partial charge in [-0.15, -0.1) is 0 Å². The van der Waals surface area contributed by atoms with E-state index in [9.17, 15) is 23.8 Å². The number of hydrogen-bond acceptors (Lipinski definition) is 5. The maximum Gasteiger partial charge on any atom is 0.303 e. The number of aliphatic carboxylic acids is 1. The third-order valence-electron chi connectivity index (χ3n) is 7.74. The van der Waals surface area contributed by atoms with E-state index in [0.29, 0.717) is 84.4 Å². The van der Waals surface area contributed by atoms with E-state index >= 15 is 0 Å². The molecule has 9 heteroatoms. The summed E-state index contributed by atoms with van der Waals surface area (Å²) in [4.78, 5) is 18.4. The largest absolute Gasteiger partial charge is 0.497 e. The van der Waals surface area contributed by atoms with Gasteiger partial charge in [-0.2, -0.15) is 0 Å². The first-order chi connectivity index (χ1) is 18.2. The highest BCUT2D eigenvalue weighted by atomic mass is 35.5. The summed E-state index contributed by atoms with van der Waals surface area (Å²) in [5, 5.41) is 21.9. The van der Waals surface area contributed by atoms with E-state index in [2.05, 4.69) is 9.88 Å². The average Bonchev–Trinajstić information content (AvgIpc) is 2.90. The normalized spacial score (nSPS) is 16.4. The van der Waals surface area contributed by atoms with Crippen LogP contribution < -0.4 is 4.74 Å². The molecule has 1 aliphatic rings. The Kier molecular flexibility index (Phi) is 9.18. The van der Waals surface area contributed by atoms with Crippen molar-refractivity contribution >= 4 is 28.5 Å². The number of pyridine rings is 1. The van der Waals surface area contributed by atoms with E-state index < -0.39 is 29.1 Å². The van der Waals surface area contributed by atoms with Gasteiger partial charge in [0.15, 0.2) is 11.6 Å². The molecule has 1 fully saturated rings. The number of likely N-dealkylation sites (tertiary alicyclic amines) is 1. The van der Waals surface area contributed by atoms with Gasteiger partial charge >= 0.3 is 5.97 Å². The minimum Gasteiger partial charge on any atom is -0.497 e. The fraction of sp³-hybridized carbons (Fsp3) is 0.448. The number of ether oxygens (including phenoxy) is 1. The molecule has 1 unspecified atom stereocenters. The standard InChI is InChI=1S/C29H33ClF2N2O4/c1-38-20-7-8-24-21(16-20)27(22(30)18-33-24)25(35)9-10-29(17-26(36)37)11-14-34(15-12-29)13-3-5-19-4-2-6-23(31)28(19)32/h2,4,6-8,16,18,25,35H,3,5,9-15,17H2,1H3,(H,36,37). The Morgan fingerprint density at radius 1 is 1.24 bits per heavy atom. The summed E-state index contributed by atoms with van der Waals surface area (Å²) in [5.41, 5.74) is 1.19. The van der Waals surface area contributed by atoms with Gasteiger partial charge in [0.2, 0.25) is 0 Å². The van der Waals surface area contributed by atoms with E-state index in [-0.39, 0.29) is 6.42 Å². The van der Waals surface area contributed by atoms with Crippen molar-refractivity contribution in [1.82, 2.24) is 9.88 Å². The molecule has 0 aliphatic carbocycles. The lowest BCUT2D eigenvalue weighted by Gasteiger charge is -2.41. The van der Waals surface area contributed by atoms with E-state index in [1.165, 1.54) is 12.3 Å². The summed E-state index contributed by atoms with van der Waals surface area (Å²) in [6.45, 7) is 2.15. The highest BCUT2D eigenvalue weighted by Gasteiger charge is 2.37. The lowest BCUT2D eigenvalue weighted by Crippen LogP contribution is -2.41. The Balaban J connectivity index is 1.39. The predicted molar refractivity (Wildman–Crippen MR) is 143 cm³/mol. The van der Waals surface area contributed by atoms with Crippen LogP contribution in [0.25, 0.3) is 10.9 Å². The Hall–Kier alpha value is -2.81. The molecule has 0 saturated carbocycles. The molecule has 0 bridgehead atoms. The van der Waals surface area contributed by atoms with Crippen molar-refractivity contribution in [2.24, 2.45) is 5.41 Å². The first-order valence-electron chi connectivity index (χ1n) is 12.9. The number of aromatic nitrogens is 1. The van der Waals surface area contributed by atoms with Gasteiger partial charge in [-0.25, -0.2) is 8.78 Å². The second-order valence-corrected chi connectivity index (χ2v) is 10.6. The molecule has 2 heterocycles. The van der Waals surface area contributed by atoms with Crippen molar-refractivity contribution in [3.63, 3.8) is 0 Å². The zero-order chi connectivity index (χ0) is 27.3. The van der Waals surface area contributed by atoms with Crippen LogP contribution in [0.2, 0.25) is 5.02 Å². The molecule has 0 spiro atoms. The highest BCUT2D eigenvalue weighted by molar-refractivity contribution is 6.32. The van der Waals surface area contributed by atoms with Crippen LogP contribution in [0.1, 0.15) is 55.8 Å². The van der Waals surface area contributed by atoms with E-state index in [0.717, 1.165) is 12.6 Å². The topological polar surface area (TPSA) is 82.9 Å². The van der Waals surface area contributed by atoms with Crippen molar-refractivity contribution in [3.05, 3.63) is 70.4 Å². The summed E-state index contributed by atoms with van der Waals surface area (Å²) in [5.74, 6) is -1.84. The first-order valence-corrected chi connectivity index (χ1v) is 13.3. The molecule has 38 heavy (non-hydrogen) atoms. The average molecular weight is 547 g/mol. The molecule has 1 aromatic heterocycles. The number of aryl methyl sites for hydroxylation is 1. The van der Waals surface area contributed by atoms with Crippen molar-refractivity contribution in [2.45, 2.75) is 51.0 Å². The van der Waals surface area contributed by atoms with Gasteiger partial charge in [-0.1, -0.05) is 23.7 Å². The summed E-state index contributed by atoms with van der Waals surface area (Å²) >= 11 is 6.46. The van der Waals surface area contributed by atoms with Gasteiger partial charge in [-0.05, 0) is 93.4 Å². The van der Waals surface area contributed by atoms with Gasteiger partial charge in [0.05, 0.1) is 30.2 Å². The van der Waals surface area contributed by atoms with Crippen LogP contribution in [-0.2, 0) is 11.2 Å². The lowest BCUT2D eigenvalue weighted by atomic mass is 9.71. The van der Waals surface area contributed by atoms with Crippen LogP contribution in [0.15, 0.2) is 42.6 Å². The monoisotopic (exact) mass is 546 g/mol. The molecule has 204 valence electrons. The van der Waals surface area contributed by atoms with Crippen LogP contribution >= 0.6 is 11.6 Å². The number of aliphatic hydroxyl groups is 1. The molecule has 0 amide bonds. The fourth-order valence-electron chi connectivity index (χ4n) is 5.54. The van der Waals surface area contributed by atoms with Crippen LogP contribution in [0.3, 0.4) is 0 Å². The second-order valence-electron chi connectivity index (χ2n) is 10.2. The van der Waals surface area contributed by atoms with Crippen molar-refractivity contribution in [2.75, 3.05) is 26.7 Å².